The summed E-state index contributed by atoms with van der Waals surface area (Å²) < 4.78 is 48.3. The molecule has 1 aromatic carbocycles. The van der Waals surface area contributed by atoms with E-state index in [0.717, 1.165) is 12.2 Å². The number of hydrogen-bond acceptors (Lipinski definition) is 6. The van der Waals surface area contributed by atoms with Crippen molar-refractivity contribution in [3.63, 3.8) is 0 Å². The van der Waals surface area contributed by atoms with Gasteiger partial charge in [0, 0.05) is 0 Å². The normalized spacial score (nSPS) is 14.9. The molecular weight excluding hydrogens is 391 g/mol. The van der Waals surface area contributed by atoms with Crippen molar-refractivity contribution in [2.45, 2.75) is 72.0 Å². The number of rotatable bonds is 10. The number of ether oxygens (including phenoxy) is 3. The molecular formula is C20H33NaO6S. The van der Waals surface area contributed by atoms with Gasteiger partial charge >= 0.3 is 29.6 Å². The molecule has 0 radical (unpaired) electrons. The minimum atomic E-state index is -4.48. The average Bonchev–Trinajstić information content (AvgIpc) is 2.48. The van der Waals surface area contributed by atoms with E-state index in [1.165, 1.54) is 19.4 Å². The topological polar surface area (TPSA) is 84.9 Å². The van der Waals surface area contributed by atoms with Crippen LogP contribution in [-0.2, 0) is 25.0 Å². The third-order valence-electron chi connectivity index (χ3n) is 4.10. The Kier molecular flexibility index (Phi) is 11.2. The van der Waals surface area contributed by atoms with Crippen LogP contribution in [0.15, 0.2) is 24.3 Å². The van der Waals surface area contributed by atoms with Gasteiger partial charge in [-0.15, -0.1) is 0 Å². The standard InChI is InChI=1S/C20H34O6S.Na/c1-15(26-16(2)27(21,22)23)24-12-13-25-18-10-8-17(9-11-18)20(6,7)14-19(3,4)5;/h8-11,15-16H,12-14H2,1-7H3,(H,21,22,23);/q;+1/p-1. The molecule has 28 heavy (non-hydrogen) atoms. The molecule has 156 valence electrons. The summed E-state index contributed by atoms with van der Waals surface area (Å²) in [5.41, 5.74) is 0.136. The molecule has 0 spiro atoms. The van der Waals surface area contributed by atoms with E-state index in [2.05, 4.69) is 46.8 Å². The Morgan fingerprint density at radius 3 is 2.00 bits per heavy atom. The molecule has 0 heterocycles. The van der Waals surface area contributed by atoms with E-state index in [4.69, 9.17) is 14.2 Å². The van der Waals surface area contributed by atoms with Crippen LogP contribution in [0.2, 0.25) is 0 Å². The summed E-state index contributed by atoms with van der Waals surface area (Å²) in [6.45, 7) is 14.4. The Balaban J connectivity index is 0.00000729. The molecule has 0 bridgehead atoms. The largest absolute Gasteiger partial charge is 1.00 e. The second kappa shape index (κ2) is 11.3. The Morgan fingerprint density at radius 2 is 1.54 bits per heavy atom. The fourth-order valence-electron chi connectivity index (χ4n) is 3.18. The van der Waals surface area contributed by atoms with E-state index in [1.54, 1.807) is 0 Å². The van der Waals surface area contributed by atoms with Crippen LogP contribution in [-0.4, -0.2) is 37.9 Å². The predicted octanol–water partition coefficient (Wildman–Crippen LogP) is 1.05. The van der Waals surface area contributed by atoms with Gasteiger partial charge in [-0.2, -0.15) is 0 Å². The molecule has 2 atom stereocenters. The second-order valence-corrected chi connectivity index (χ2v) is 10.3. The molecule has 0 fully saturated rings. The van der Waals surface area contributed by atoms with Crippen LogP contribution in [0.1, 0.15) is 60.5 Å². The van der Waals surface area contributed by atoms with Gasteiger partial charge in [-0.25, -0.2) is 8.42 Å². The van der Waals surface area contributed by atoms with Gasteiger partial charge < -0.3 is 18.8 Å². The minimum Gasteiger partial charge on any atom is -0.746 e. The Labute approximate surface area is 192 Å². The second-order valence-electron chi connectivity index (χ2n) is 8.63. The average molecular weight is 425 g/mol. The first-order valence-electron chi connectivity index (χ1n) is 9.16. The number of hydrogen-bond donors (Lipinski definition) is 0. The van der Waals surface area contributed by atoms with Gasteiger partial charge in [0.15, 0.2) is 6.29 Å². The van der Waals surface area contributed by atoms with Crippen LogP contribution in [0.5, 0.6) is 5.75 Å². The van der Waals surface area contributed by atoms with E-state index in [9.17, 15) is 13.0 Å². The van der Waals surface area contributed by atoms with Crippen molar-refractivity contribution in [1.29, 1.82) is 0 Å². The molecule has 0 aliphatic rings. The molecule has 8 heteroatoms. The van der Waals surface area contributed by atoms with Crippen LogP contribution >= 0.6 is 0 Å². The molecule has 0 aliphatic heterocycles. The van der Waals surface area contributed by atoms with Crippen molar-refractivity contribution in [2.75, 3.05) is 13.2 Å². The quantitative estimate of drug-likeness (QED) is 0.242. The summed E-state index contributed by atoms with van der Waals surface area (Å²) in [5.74, 6) is 0.734. The first-order valence-corrected chi connectivity index (χ1v) is 10.6. The molecule has 1 aromatic rings. The minimum absolute atomic E-state index is 0. The molecule has 1 rings (SSSR count). The van der Waals surface area contributed by atoms with E-state index >= 15 is 0 Å². The van der Waals surface area contributed by atoms with Crippen molar-refractivity contribution in [3.05, 3.63) is 29.8 Å². The van der Waals surface area contributed by atoms with Gasteiger partial charge in [-0.3, -0.25) is 0 Å². The monoisotopic (exact) mass is 424 g/mol. The molecule has 2 unspecified atom stereocenters. The molecule has 0 amide bonds. The third kappa shape index (κ3) is 10.6. The zero-order chi connectivity index (χ0) is 20.9. The summed E-state index contributed by atoms with van der Waals surface area (Å²) >= 11 is 0. The molecule has 0 aromatic heterocycles. The molecule has 0 saturated heterocycles. The third-order valence-corrected chi connectivity index (χ3v) is 5.03. The van der Waals surface area contributed by atoms with E-state index < -0.39 is 21.8 Å². The summed E-state index contributed by atoms with van der Waals surface area (Å²) in [6, 6.07) is 8.03. The maximum atomic E-state index is 10.8. The molecule has 6 nitrogen and oxygen atoms in total. The van der Waals surface area contributed by atoms with Crippen molar-refractivity contribution < 1.29 is 56.7 Å². The van der Waals surface area contributed by atoms with Crippen LogP contribution in [0, 0.1) is 5.41 Å². The fraction of sp³-hybridized carbons (Fsp3) is 0.700. The summed E-state index contributed by atoms with van der Waals surface area (Å²) in [6.07, 6.45) is 0.261. The van der Waals surface area contributed by atoms with Crippen LogP contribution < -0.4 is 34.3 Å². The Bertz CT molecular complexity index is 680. The first-order chi connectivity index (χ1) is 12.2. The van der Waals surface area contributed by atoms with Gasteiger partial charge in [-0.1, -0.05) is 46.8 Å². The zero-order valence-electron chi connectivity index (χ0n) is 18.4. The smallest absolute Gasteiger partial charge is 0.746 e. The van der Waals surface area contributed by atoms with Gasteiger partial charge in [0.05, 0.1) is 6.61 Å². The molecule has 0 aliphatic carbocycles. The maximum Gasteiger partial charge on any atom is 1.00 e. The first kappa shape index (κ1) is 27.8. The fourth-order valence-corrected chi connectivity index (χ4v) is 3.47. The van der Waals surface area contributed by atoms with Crippen molar-refractivity contribution in [3.8, 4) is 5.75 Å². The maximum absolute atomic E-state index is 10.8. The van der Waals surface area contributed by atoms with Crippen LogP contribution in [0.3, 0.4) is 0 Å². The zero-order valence-corrected chi connectivity index (χ0v) is 21.3. The van der Waals surface area contributed by atoms with Gasteiger partial charge in [0.2, 0.25) is 0 Å². The van der Waals surface area contributed by atoms with Crippen LogP contribution in [0.4, 0.5) is 0 Å². The van der Waals surface area contributed by atoms with E-state index in [-0.39, 0.29) is 53.6 Å². The SMILES string of the molecule is CC(OCCOc1ccc(C(C)(C)CC(C)(C)C)cc1)OC(C)S(=O)(=O)[O-].[Na+]. The molecule has 0 saturated carbocycles. The van der Waals surface area contributed by atoms with Gasteiger partial charge in [-0.05, 0) is 48.8 Å². The summed E-state index contributed by atoms with van der Waals surface area (Å²) in [4.78, 5) is 0. The summed E-state index contributed by atoms with van der Waals surface area (Å²) in [7, 11) is -4.48. The van der Waals surface area contributed by atoms with Gasteiger partial charge in [0.25, 0.3) is 0 Å². The van der Waals surface area contributed by atoms with Crippen molar-refractivity contribution in [2.24, 2.45) is 5.41 Å². The van der Waals surface area contributed by atoms with Crippen LogP contribution in [0.25, 0.3) is 0 Å². The molecule has 0 N–H and O–H groups in total. The van der Waals surface area contributed by atoms with Crippen molar-refractivity contribution in [1.82, 2.24) is 0 Å². The Morgan fingerprint density at radius 1 is 1.00 bits per heavy atom. The van der Waals surface area contributed by atoms with Crippen molar-refractivity contribution >= 4 is 10.1 Å². The number of benzene rings is 1. The Hall–Kier alpha value is -0.150. The predicted molar refractivity (Wildman–Crippen MR) is 105 cm³/mol. The van der Waals surface area contributed by atoms with E-state index in [0.29, 0.717) is 0 Å². The summed E-state index contributed by atoms with van der Waals surface area (Å²) in [5, 5.41) is 0. The van der Waals surface area contributed by atoms with E-state index in [1.807, 2.05) is 12.1 Å². The van der Waals surface area contributed by atoms with Gasteiger partial charge in [0.1, 0.15) is 27.9 Å².